The maximum absolute atomic E-state index is 5.78. The molecule has 0 bridgehead atoms. The number of aromatic nitrogens is 3. The highest BCUT2D eigenvalue weighted by Crippen LogP contribution is 2.21. The molecule has 0 unspecified atom stereocenters. The molecule has 0 spiro atoms. The molecular weight excluding hydrogens is 236 g/mol. The minimum absolute atomic E-state index is 0.668. The summed E-state index contributed by atoms with van der Waals surface area (Å²) in [5.41, 5.74) is 9.28. The average Bonchev–Trinajstić information content (AvgIpc) is 2.48. The zero-order chi connectivity index (χ0) is 13.1. The lowest BCUT2D eigenvalue weighted by atomic mass is 10.1. The molecule has 2 heterocycles. The van der Waals surface area contributed by atoms with Crippen molar-refractivity contribution in [3.63, 3.8) is 0 Å². The molecule has 4 nitrogen and oxygen atoms in total. The second kappa shape index (κ2) is 4.86. The van der Waals surface area contributed by atoms with Crippen LogP contribution in [0.15, 0.2) is 61.1 Å². The van der Waals surface area contributed by atoms with Crippen molar-refractivity contribution in [3.8, 4) is 22.6 Å². The smallest absolute Gasteiger partial charge is 0.159 e. The van der Waals surface area contributed by atoms with Gasteiger partial charge in [0.25, 0.3) is 0 Å². The number of nitrogens with zero attached hydrogens (tertiary/aromatic N) is 3. The molecule has 0 aliphatic heterocycles. The van der Waals surface area contributed by atoms with E-state index in [1.807, 2.05) is 42.5 Å². The Morgan fingerprint density at radius 3 is 2.47 bits per heavy atom. The van der Waals surface area contributed by atoms with Crippen LogP contribution in [0.4, 0.5) is 5.69 Å². The van der Waals surface area contributed by atoms with Crippen LogP contribution in [0.25, 0.3) is 22.6 Å². The van der Waals surface area contributed by atoms with Gasteiger partial charge in [-0.3, -0.25) is 4.98 Å². The molecule has 4 heteroatoms. The number of pyridine rings is 1. The Morgan fingerprint density at radius 2 is 1.68 bits per heavy atom. The normalized spacial score (nSPS) is 10.3. The maximum atomic E-state index is 5.78. The number of nitrogen functional groups attached to an aromatic ring is 1. The molecule has 3 rings (SSSR count). The second-order valence-electron chi connectivity index (χ2n) is 4.13. The van der Waals surface area contributed by atoms with E-state index >= 15 is 0 Å². The summed E-state index contributed by atoms with van der Waals surface area (Å²) in [6.45, 7) is 0. The van der Waals surface area contributed by atoms with Crippen LogP contribution >= 0.6 is 0 Å². The van der Waals surface area contributed by atoms with Crippen LogP contribution in [-0.2, 0) is 0 Å². The molecule has 0 fully saturated rings. The van der Waals surface area contributed by atoms with Gasteiger partial charge in [0.1, 0.15) is 0 Å². The largest absolute Gasteiger partial charge is 0.399 e. The zero-order valence-electron chi connectivity index (χ0n) is 10.2. The van der Waals surface area contributed by atoms with Crippen LogP contribution in [0.2, 0.25) is 0 Å². The van der Waals surface area contributed by atoms with Crippen LogP contribution < -0.4 is 5.73 Å². The van der Waals surface area contributed by atoms with Gasteiger partial charge >= 0.3 is 0 Å². The van der Waals surface area contributed by atoms with Gasteiger partial charge in [0.2, 0.25) is 0 Å². The number of anilines is 1. The predicted molar refractivity (Wildman–Crippen MR) is 75.1 cm³/mol. The van der Waals surface area contributed by atoms with E-state index in [1.165, 1.54) is 0 Å². The standard InChI is InChI=1S/C15H12N4/c16-13-3-1-2-12(10-13)15-18-9-6-14(19-15)11-4-7-17-8-5-11/h1-10H,16H2. The molecule has 2 aromatic heterocycles. The molecule has 0 saturated heterocycles. The van der Waals surface area contributed by atoms with E-state index in [2.05, 4.69) is 15.0 Å². The van der Waals surface area contributed by atoms with Crippen molar-refractivity contribution in [3.05, 3.63) is 61.1 Å². The van der Waals surface area contributed by atoms with E-state index < -0.39 is 0 Å². The molecule has 0 aliphatic rings. The summed E-state index contributed by atoms with van der Waals surface area (Å²) in [4.78, 5) is 12.9. The third-order valence-corrected chi connectivity index (χ3v) is 2.78. The summed E-state index contributed by atoms with van der Waals surface area (Å²) in [6.07, 6.45) is 5.25. The highest BCUT2D eigenvalue weighted by atomic mass is 14.9. The van der Waals surface area contributed by atoms with E-state index in [0.29, 0.717) is 11.5 Å². The van der Waals surface area contributed by atoms with Crippen LogP contribution in [0.3, 0.4) is 0 Å². The first-order valence-corrected chi connectivity index (χ1v) is 5.92. The topological polar surface area (TPSA) is 64.7 Å². The molecule has 1 aromatic carbocycles. The van der Waals surface area contributed by atoms with Gasteiger partial charge in [-0.1, -0.05) is 12.1 Å². The fourth-order valence-corrected chi connectivity index (χ4v) is 1.86. The average molecular weight is 248 g/mol. The molecule has 19 heavy (non-hydrogen) atoms. The Bertz CT molecular complexity index is 695. The van der Waals surface area contributed by atoms with E-state index in [9.17, 15) is 0 Å². The summed E-state index contributed by atoms with van der Waals surface area (Å²) in [5, 5.41) is 0. The van der Waals surface area contributed by atoms with Crippen LogP contribution in [0.5, 0.6) is 0 Å². The number of nitrogens with two attached hydrogens (primary N) is 1. The summed E-state index contributed by atoms with van der Waals surface area (Å²) in [5.74, 6) is 0.668. The number of hydrogen-bond acceptors (Lipinski definition) is 4. The zero-order valence-corrected chi connectivity index (χ0v) is 10.2. The molecule has 3 aromatic rings. The Labute approximate surface area is 111 Å². The number of hydrogen-bond donors (Lipinski definition) is 1. The first kappa shape index (κ1) is 11.3. The van der Waals surface area contributed by atoms with Crippen LogP contribution in [0.1, 0.15) is 0 Å². The summed E-state index contributed by atoms with van der Waals surface area (Å²) < 4.78 is 0. The van der Waals surface area contributed by atoms with Crippen molar-refractivity contribution < 1.29 is 0 Å². The van der Waals surface area contributed by atoms with Gasteiger partial charge in [-0.2, -0.15) is 0 Å². The monoisotopic (exact) mass is 248 g/mol. The summed E-state index contributed by atoms with van der Waals surface area (Å²) >= 11 is 0. The SMILES string of the molecule is Nc1cccc(-c2nccc(-c3ccncc3)n2)c1. The number of benzene rings is 1. The minimum Gasteiger partial charge on any atom is -0.399 e. The van der Waals surface area contributed by atoms with Crippen molar-refractivity contribution in [2.24, 2.45) is 0 Å². The fraction of sp³-hybridized carbons (Fsp3) is 0. The second-order valence-corrected chi connectivity index (χ2v) is 4.13. The summed E-state index contributed by atoms with van der Waals surface area (Å²) in [6, 6.07) is 13.3. The molecule has 0 radical (unpaired) electrons. The fourth-order valence-electron chi connectivity index (χ4n) is 1.86. The molecule has 0 saturated carbocycles. The van der Waals surface area contributed by atoms with Gasteiger partial charge in [-0.05, 0) is 30.3 Å². The van der Waals surface area contributed by atoms with Crippen LogP contribution in [-0.4, -0.2) is 15.0 Å². The lowest BCUT2D eigenvalue weighted by molar-refractivity contribution is 1.18. The Morgan fingerprint density at radius 1 is 0.842 bits per heavy atom. The van der Waals surface area contributed by atoms with Crippen LogP contribution in [0, 0.1) is 0 Å². The third kappa shape index (κ3) is 2.42. The molecule has 0 amide bonds. The molecule has 2 N–H and O–H groups in total. The molecular formula is C15H12N4. The van der Waals surface area contributed by atoms with Gasteiger partial charge < -0.3 is 5.73 Å². The summed E-state index contributed by atoms with van der Waals surface area (Å²) in [7, 11) is 0. The Balaban J connectivity index is 2.06. The Hall–Kier alpha value is -2.75. The van der Waals surface area contributed by atoms with E-state index in [-0.39, 0.29) is 0 Å². The van der Waals surface area contributed by atoms with E-state index in [0.717, 1.165) is 16.8 Å². The minimum atomic E-state index is 0.668. The van der Waals surface area contributed by atoms with Gasteiger partial charge in [0.15, 0.2) is 5.82 Å². The van der Waals surface area contributed by atoms with Crippen molar-refractivity contribution in [1.82, 2.24) is 15.0 Å². The Kier molecular flexibility index (Phi) is 2.90. The van der Waals surface area contributed by atoms with Gasteiger partial charge in [-0.15, -0.1) is 0 Å². The van der Waals surface area contributed by atoms with E-state index in [4.69, 9.17) is 5.73 Å². The quantitative estimate of drug-likeness (QED) is 0.708. The van der Waals surface area contributed by atoms with Gasteiger partial charge in [-0.25, -0.2) is 9.97 Å². The molecule has 0 aliphatic carbocycles. The third-order valence-electron chi connectivity index (χ3n) is 2.78. The predicted octanol–water partition coefficient (Wildman–Crippen LogP) is 2.79. The van der Waals surface area contributed by atoms with Crippen molar-refractivity contribution >= 4 is 5.69 Å². The van der Waals surface area contributed by atoms with Gasteiger partial charge in [0, 0.05) is 35.4 Å². The lowest BCUT2D eigenvalue weighted by Crippen LogP contribution is -1.92. The number of rotatable bonds is 2. The maximum Gasteiger partial charge on any atom is 0.159 e. The first-order chi connectivity index (χ1) is 9.33. The highest BCUT2D eigenvalue weighted by molar-refractivity contribution is 5.65. The molecule has 0 atom stereocenters. The van der Waals surface area contributed by atoms with Crippen molar-refractivity contribution in [2.45, 2.75) is 0 Å². The first-order valence-electron chi connectivity index (χ1n) is 5.92. The van der Waals surface area contributed by atoms with Crippen molar-refractivity contribution in [1.29, 1.82) is 0 Å². The lowest BCUT2D eigenvalue weighted by Gasteiger charge is -2.04. The highest BCUT2D eigenvalue weighted by Gasteiger charge is 2.04. The van der Waals surface area contributed by atoms with Crippen molar-refractivity contribution in [2.75, 3.05) is 5.73 Å². The van der Waals surface area contributed by atoms with E-state index in [1.54, 1.807) is 18.6 Å². The van der Waals surface area contributed by atoms with Gasteiger partial charge in [0.05, 0.1) is 5.69 Å². The molecule has 92 valence electrons.